The third-order valence-corrected chi connectivity index (χ3v) is 5.02. The van der Waals surface area contributed by atoms with Crippen LogP contribution in [-0.2, 0) is 6.42 Å². The molecule has 0 aliphatic rings. The maximum absolute atomic E-state index is 12.9. The standard InChI is InChI=1S/C25H33NO4/c1-3-5-6-7-8-9-10-19-11-14-21(15-12-19)30-25(29,17-4-2)24(28)20-13-16-23(27)22(26)18-20/h4,11-18,27,29H,3,5-10,26H2,1-2H3. The summed E-state index contributed by atoms with van der Waals surface area (Å²) in [6, 6.07) is 11.5. The summed E-state index contributed by atoms with van der Waals surface area (Å²) in [5.74, 6) is -2.56. The summed E-state index contributed by atoms with van der Waals surface area (Å²) in [6.07, 6.45) is 11.3. The van der Waals surface area contributed by atoms with Crippen LogP contribution in [0.3, 0.4) is 0 Å². The minimum atomic E-state index is -2.17. The van der Waals surface area contributed by atoms with Gasteiger partial charge in [0.1, 0.15) is 11.5 Å². The zero-order valence-electron chi connectivity index (χ0n) is 17.9. The van der Waals surface area contributed by atoms with Crippen LogP contribution in [-0.4, -0.2) is 21.8 Å². The van der Waals surface area contributed by atoms with E-state index < -0.39 is 11.6 Å². The molecule has 1 atom stereocenters. The Morgan fingerprint density at radius 1 is 1.07 bits per heavy atom. The number of aliphatic hydroxyl groups is 1. The summed E-state index contributed by atoms with van der Waals surface area (Å²) >= 11 is 0. The Morgan fingerprint density at radius 2 is 1.73 bits per heavy atom. The lowest BCUT2D eigenvalue weighted by Crippen LogP contribution is -2.42. The van der Waals surface area contributed by atoms with Gasteiger partial charge in [-0.3, -0.25) is 4.79 Å². The molecule has 162 valence electrons. The van der Waals surface area contributed by atoms with Gasteiger partial charge in [0.15, 0.2) is 0 Å². The van der Waals surface area contributed by atoms with Crippen molar-refractivity contribution in [3.05, 3.63) is 65.7 Å². The maximum atomic E-state index is 12.9. The van der Waals surface area contributed by atoms with Crippen molar-refractivity contribution in [2.45, 2.75) is 64.6 Å². The molecule has 0 aliphatic heterocycles. The molecule has 0 fully saturated rings. The first kappa shape index (κ1) is 23.5. The number of hydrogen-bond acceptors (Lipinski definition) is 5. The molecule has 0 heterocycles. The highest BCUT2D eigenvalue weighted by Crippen LogP contribution is 2.26. The molecule has 0 bridgehead atoms. The number of aryl methyl sites for hydroxylation is 1. The van der Waals surface area contributed by atoms with Crippen molar-refractivity contribution in [3.8, 4) is 11.5 Å². The van der Waals surface area contributed by atoms with Gasteiger partial charge in [-0.1, -0.05) is 57.2 Å². The van der Waals surface area contributed by atoms with Gasteiger partial charge < -0.3 is 20.7 Å². The van der Waals surface area contributed by atoms with E-state index in [1.54, 1.807) is 25.1 Å². The highest BCUT2D eigenvalue weighted by molar-refractivity contribution is 6.03. The first-order valence-electron chi connectivity index (χ1n) is 10.7. The molecule has 0 radical (unpaired) electrons. The van der Waals surface area contributed by atoms with Crippen LogP contribution in [0.4, 0.5) is 5.69 Å². The van der Waals surface area contributed by atoms with E-state index in [1.807, 2.05) is 12.1 Å². The van der Waals surface area contributed by atoms with Gasteiger partial charge >= 0.3 is 0 Å². The number of benzene rings is 2. The Hall–Kier alpha value is -2.79. The fourth-order valence-corrected chi connectivity index (χ4v) is 3.30. The van der Waals surface area contributed by atoms with Gasteiger partial charge in [-0.2, -0.15) is 0 Å². The van der Waals surface area contributed by atoms with Gasteiger partial charge in [0.25, 0.3) is 5.79 Å². The molecule has 5 heteroatoms. The number of nitrogens with two attached hydrogens (primary N) is 1. The predicted molar refractivity (Wildman–Crippen MR) is 121 cm³/mol. The highest BCUT2D eigenvalue weighted by atomic mass is 16.6. The number of ether oxygens (including phenoxy) is 1. The summed E-state index contributed by atoms with van der Waals surface area (Å²) in [6.45, 7) is 3.91. The zero-order chi connectivity index (χ0) is 22.0. The molecule has 0 aromatic heterocycles. The average Bonchev–Trinajstić information content (AvgIpc) is 2.73. The monoisotopic (exact) mass is 411 g/mol. The summed E-state index contributed by atoms with van der Waals surface area (Å²) in [7, 11) is 0. The first-order valence-corrected chi connectivity index (χ1v) is 10.7. The first-order chi connectivity index (χ1) is 14.4. The molecule has 1 unspecified atom stereocenters. The number of carbonyl (C=O) groups is 1. The van der Waals surface area contributed by atoms with Crippen LogP contribution in [0.5, 0.6) is 11.5 Å². The molecule has 5 nitrogen and oxygen atoms in total. The van der Waals surface area contributed by atoms with E-state index in [2.05, 4.69) is 6.92 Å². The lowest BCUT2D eigenvalue weighted by Gasteiger charge is -2.25. The molecule has 2 aromatic carbocycles. The molecule has 0 saturated heterocycles. The van der Waals surface area contributed by atoms with Gasteiger partial charge in [0.2, 0.25) is 5.78 Å². The van der Waals surface area contributed by atoms with Gasteiger partial charge in [-0.05, 0) is 61.7 Å². The minimum absolute atomic E-state index is 0.0581. The van der Waals surface area contributed by atoms with Crippen LogP contribution in [0.25, 0.3) is 0 Å². The molecule has 2 aromatic rings. The van der Waals surface area contributed by atoms with Crippen molar-refractivity contribution >= 4 is 11.5 Å². The molecule has 2 rings (SSSR count). The SMILES string of the molecule is CC=CC(O)(Oc1ccc(CCCCCCCC)cc1)C(=O)c1ccc(O)c(N)c1. The second kappa shape index (κ2) is 11.4. The number of aromatic hydroxyl groups is 1. The number of allylic oxidation sites excluding steroid dienone is 1. The van der Waals surface area contributed by atoms with Crippen molar-refractivity contribution in [2.24, 2.45) is 0 Å². The van der Waals surface area contributed by atoms with Gasteiger partial charge in [0, 0.05) is 5.56 Å². The number of nitrogen functional groups attached to an aromatic ring is 1. The Bertz CT molecular complexity index is 845. The number of hydrogen-bond donors (Lipinski definition) is 3. The molecule has 0 aliphatic carbocycles. The number of phenols is 1. The summed E-state index contributed by atoms with van der Waals surface area (Å²) in [5, 5.41) is 20.5. The van der Waals surface area contributed by atoms with E-state index >= 15 is 0 Å². The van der Waals surface area contributed by atoms with Crippen LogP contribution in [0.1, 0.15) is 68.3 Å². The van der Waals surface area contributed by atoms with E-state index in [-0.39, 0.29) is 17.0 Å². The number of rotatable bonds is 12. The van der Waals surface area contributed by atoms with E-state index in [0.29, 0.717) is 5.75 Å². The van der Waals surface area contributed by atoms with Crippen LogP contribution >= 0.6 is 0 Å². The minimum Gasteiger partial charge on any atom is -0.506 e. The summed E-state index contributed by atoms with van der Waals surface area (Å²) in [5.41, 5.74) is 7.08. The topological polar surface area (TPSA) is 92.8 Å². The zero-order valence-corrected chi connectivity index (χ0v) is 17.9. The number of phenolic OH excluding ortho intramolecular Hbond substituents is 1. The second-order valence-electron chi connectivity index (χ2n) is 7.56. The normalized spacial score (nSPS) is 13.3. The van der Waals surface area contributed by atoms with Crippen molar-refractivity contribution < 1.29 is 19.7 Å². The van der Waals surface area contributed by atoms with Crippen molar-refractivity contribution in [3.63, 3.8) is 0 Å². The predicted octanol–water partition coefficient (Wildman–Crippen LogP) is 5.40. The molecule has 30 heavy (non-hydrogen) atoms. The largest absolute Gasteiger partial charge is 0.506 e. The lowest BCUT2D eigenvalue weighted by molar-refractivity contribution is -0.0629. The second-order valence-corrected chi connectivity index (χ2v) is 7.56. The third kappa shape index (κ3) is 6.63. The van der Waals surface area contributed by atoms with Crippen molar-refractivity contribution in [1.82, 2.24) is 0 Å². The molecule has 0 spiro atoms. The Morgan fingerprint density at radius 3 is 2.37 bits per heavy atom. The van der Waals surface area contributed by atoms with Crippen LogP contribution < -0.4 is 10.5 Å². The Kier molecular flexibility index (Phi) is 8.93. The smallest absolute Gasteiger partial charge is 0.292 e. The fourth-order valence-electron chi connectivity index (χ4n) is 3.30. The number of carbonyl (C=O) groups excluding carboxylic acids is 1. The van der Waals surface area contributed by atoms with Gasteiger partial charge in [0.05, 0.1) is 5.69 Å². The number of anilines is 1. The fraction of sp³-hybridized carbons (Fsp3) is 0.400. The number of ketones is 1. The van der Waals surface area contributed by atoms with E-state index in [0.717, 1.165) is 12.8 Å². The van der Waals surface area contributed by atoms with E-state index in [9.17, 15) is 15.0 Å². The quantitative estimate of drug-likeness (QED) is 0.109. The molecule has 0 saturated carbocycles. The van der Waals surface area contributed by atoms with Crippen molar-refractivity contribution in [1.29, 1.82) is 0 Å². The Balaban J connectivity index is 2.03. The van der Waals surface area contributed by atoms with E-state index in [4.69, 9.17) is 10.5 Å². The van der Waals surface area contributed by atoms with E-state index in [1.165, 1.54) is 61.9 Å². The number of Topliss-reactive ketones (excluding diaryl/α,β-unsaturated/α-hetero) is 1. The lowest BCUT2D eigenvalue weighted by atomic mass is 10.0. The molecular weight excluding hydrogens is 378 g/mol. The van der Waals surface area contributed by atoms with Gasteiger partial charge in [-0.25, -0.2) is 0 Å². The van der Waals surface area contributed by atoms with Crippen molar-refractivity contribution in [2.75, 3.05) is 5.73 Å². The third-order valence-electron chi connectivity index (χ3n) is 5.02. The molecule has 4 N–H and O–H groups in total. The van der Waals surface area contributed by atoms with Crippen LogP contribution in [0.15, 0.2) is 54.6 Å². The van der Waals surface area contributed by atoms with Gasteiger partial charge in [-0.15, -0.1) is 0 Å². The van der Waals surface area contributed by atoms with Crippen LogP contribution in [0.2, 0.25) is 0 Å². The Labute approximate surface area is 179 Å². The molecular formula is C25H33NO4. The highest BCUT2D eigenvalue weighted by Gasteiger charge is 2.36. The average molecular weight is 412 g/mol. The summed E-state index contributed by atoms with van der Waals surface area (Å²) < 4.78 is 5.67. The molecule has 0 amide bonds. The van der Waals surface area contributed by atoms with Crippen LogP contribution in [0, 0.1) is 0 Å². The summed E-state index contributed by atoms with van der Waals surface area (Å²) in [4.78, 5) is 12.9. The number of unbranched alkanes of at least 4 members (excludes halogenated alkanes) is 5. The maximum Gasteiger partial charge on any atom is 0.292 e.